The molecule has 2 saturated heterocycles. The van der Waals surface area contributed by atoms with E-state index in [9.17, 15) is 38.7 Å². The molecule has 0 spiro atoms. The van der Waals surface area contributed by atoms with Gasteiger partial charge >= 0.3 is 41.8 Å². The van der Waals surface area contributed by atoms with Crippen LogP contribution in [0.25, 0.3) is 0 Å². The number of aliphatic hydroxyl groups excluding tert-OH is 1. The van der Waals surface area contributed by atoms with Gasteiger partial charge in [0.2, 0.25) is 0 Å². The van der Waals surface area contributed by atoms with Crippen LogP contribution < -0.4 is 0 Å². The van der Waals surface area contributed by atoms with E-state index in [2.05, 4.69) is 0 Å². The second-order valence-corrected chi connectivity index (χ2v) is 9.68. The fourth-order valence-electron chi connectivity index (χ4n) is 4.49. The van der Waals surface area contributed by atoms with Crippen LogP contribution in [0, 0.1) is 0 Å². The zero-order valence-electron chi connectivity index (χ0n) is 25.1. The van der Waals surface area contributed by atoms with E-state index in [0.717, 1.165) is 48.5 Å². The summed E-state index contributed by atoms with van der Waals surface area (Å²) < 4.78 is 54.1. The van der Waals surface area contributed by atoms with Gasteiger partial charge in [-0.2, -0.15) is 0 Å². The van der Waals surface area contributed by atoms with Crippen molar-refractivity contribution in [1.29, 1.82) is 0 Å². The normalized spacial score (nSPS) is 31.5. The molecule has 2 rings (SSSR count). The molecule has 2 heterocycles. The van der Waals surface area contributed by atoms with Gasteiger partial charge in [0.1, 0.15) is 31.5 Å². The van der Waals surface area contributed by atoms with E-state index in [4.69, 9.17) is 47.4 Å². The fraction of sp³-hybridized carbons (Fsp3) is 0.731. The van der Waals surface area contributed by atoms with Crippen LogP contribution in [0.1, 0.15) is 48.5 Å². The summed E-state index contributed by atoms with van der Waals surface area (Å²) >= 11 is 0. The Morgan fingerprint density at radius 2 is 0.841 bits per heavy atom. The van der Waals surface area contributed by atoms with E-state index in [1.807, 2.05) is 0 Å². The lowest BCUT2D eigenvalue weighted by Crippen LogP contribution is -2.67. The van der Waals surface area contributed by atoms with Gasteiger partial charge in [-0.15, -0.1) is 0 Å². The van der Waals surface area contributed by atoms with Crippen molar-refractivity contribution in [1.82, 2.24) is 0 Å². The lowest BCUT2D eigenvalue weighted by Gasteiger charge is -2.48. The SMILES string of the molecule is CC(=O)OCC1OC(O)[C@H](OC(C)=O)C(OC(C)=O)C1O[C@H]1OC(COC(C)=O)[C@@H](OC(C)=O)[C@H](OC(C)=O)[C@H]1OC(C)=O. The van der Waals surface area contributed by atoms with Crippen molar-refractivity contribution in [2.75, 3.05) is 13.2 Å². The third-order valence-electron chi connectivity index (χ3n) is 5.90. The van der Waals surface area contributed by atoms with Crippen LogP contribution in [0.15, 0.2) is 0 Å². The van der Waals surface area contributed by atoms with Crippen molar-refractivity contribution in [2.24, 2.45) is 0 Å². The summed E-state index contributed by atoms with van der Waals surface area (Å²) in [7, 11) is 0. The molecule has 0 saturated carbocycles. The Morgan fingerprint density at radius 1 is 0.477 bits per heavy atom. The van der Waals surface area contributed by atoms with Crippen molar-refractivity contribution >= 4 is 41.8 Å². The molecular weight excluding hydrogens is 600 g/mol. The van der Waals surface area contributed by atoms with E-state index in [1.165, 1.54) is 0 Å². The largest absolute Gasteiger partial charge is 0.463 e. The van der Waals surface area contributed by atoms with Crippen molar-refractivity contribution < 1.29 is 86.0 Å². The first-order valence-corrected chi connectivity index (χ1v) is 13.3. The molecule has 44 heavy (non-hydrogen) atoms. The van der Waals surface area contributed by atoms with Crippen LogP contribution in [0.3, 0.4) is 0 Å². The molecule has 0 bridgehead atoms. The summed E-state index contributed by atoms with van der Waals surface area (Å²) in [6, 6.07) is 0. The number of rotatable bonds is 11. The second-order valence-electron chi connectivity index (χ2n) is 9.68. The molecule has 0 amide bonds. The van der Waals surface area contributed by atoms with E-state index in [1.54, 1.807) is 0 Å². The maximum Gasteiger partial charge on any atom is 0.303 e. The van der Waals surface area contributed by atoms with Crippen molar-refractivity contribution in [3.63, 3.8) is 0 Å². The van der Waals surface area contributed by atoms with Crippen LogP contribution in [-0.4, -0.2) is 122 Å². The van der Waals surface area contributed by atoms with Crippen LogP contribution in [0.4, 0.5) is 0 Å². The van der Waals surface area contributed by atoms with Gasteiger partial charge in [-0.25, -0.2) is 0 Å². The predicted octanol–water partition coefficient (Wildman–Crippen LogP) is -1.40. The molecule has 18 heteroatoms. The van der Waals surface area contributed by atoms with Crippen LogP contribution in [-0.2, 0) is 80.9 Å². The van der Waals surface area contributed by atoms with Crippen LogP contribution >= 0.6 is 0 Å². The zero-order valence-corrected chi connectivity index (χ0v) is 25.1. The first-order chi connectivity index (χ1) is 20.5. The molecule has 10 atom stereocenters. The monoisotopic (exact) mass is 636 g/mol. The van der Waals surface area contributed by atoms with Gasteiger partial charge in [0, 0.05) is 48.5 Å². The topological polar surface area (TPSA) is 232 Å². The smallest absolute Gasteiger partial charge is 0.303 e. The van der Waals surface area contributed by atoms with Crippen molar-refractivity contribution in [3.05, 3.63) is 0 Å². The number of carbonyl (C=O) groups is 7. The second kappa shape index (κ2) is 16.3. The highest BCUT2D eigenvalue weighted by Crippen LogP contribution is 2.34. The Kier molecular flexibility index (Phi) is 13.4. The summed E-state index contributed by atoms with van der Waals surface area (Å²) in [6.45, 7) is 6.11. The Hall–Kier alpha value is -3.87. The molecule has 0 aromatic carbocycles. The molecule has 5 unspecified atom stereocenters. The zero-order chi connectivity index (χ0) is 33.3. The van der Waals surface area contributed by atoms with Gasteiger partial charge in [0.25, 0.3) is 0 Å². The van der Waals surface area contributed by atoms with E-state index >= 15 is 0 Å². The lowest BCUT2D eigenvalue weighted by atomic mass is 9.96. The minimum absolute atomic E-state index is 0.572. The molecule has 0 aliphatic carbocycles. The fourth-order valence-corrected chi connectivity index (χ4v) is 4.49. The number of hydrogen-bond donors (Lipinski definition) is 1. The third-order valence-corrected chi connectivity index (χ3v) is 5.90. The first kappa shape index (κ1) is 36.3. The van der Waals surface area contributed by atoms with Crippen LogP contribution in [0.5, 0.6) is 0 Å². The molecule has 0 radical (unpaired) electrons. The van der Waals surface area contributed by atoms with Gasteiger partial charge in [-0.3, -0.25) is 33.6 Å². The summed E-state index contributed by atoms with van der Waals surface area (Å²) in [4.78, 5) is 83.5. The quantitative estimate of drug-likeness (QED) is 0.203. The highest BCUT2D eigenvalue weighted by molar-refractivity contribution is 5.69. The number of hydrogen-bond acceptors (Lipinski definition) is 18. The van der Waals surface area contributed by atoms with E-state index < -0.39 is 116 Å². The van der Waals surface area contributed by atoms with Gasteiger partial charge in [-0.05, 0) is 0 Å². The minimum atomic E-state index is -1.90. The summed E-state index contributed by atoms with van der Waals surface area (Å²) in [5.74, 6) is -6.03. The molecular formula is C26H36O18. The average molecular weight is 637 g/mol. The van der Waals surface area contributed by atoms with Crippen LogP contribution in [0.2, 0.25) is 0 Å². The summed E-state index contributed by atoms with van der Waals surface area (Å²) in [5, 5.41) is 10.6. The Balaban J connectivity index is 2.66. The van der Waals surface area contributed by atoms with Crippen molar-refractivity contribution in [3.8, 4) is 0 Å². The highest BCUT2D eigenvalue weighted by Gasteiger charge is 2.57. The Labute approximate surface area is 251 Å². The molecule has 1 N–H and O–H groups in total. The van der Waals surface area contributed by atoms with E-state index in [-0.39, 0.29) is 0 Å². The molecule has 2 fully saturated rings. The first-order valence-electron chi connectivity index (χ1n) is 13.3. The number of aliphatic hydroxyl groups is 1. The maximum atomic E-state index is 12.2. The lowest BCUT2D eigenvalue weighted by molar-refractivity contribution is -0.357. The van der Waals surface area contributed by atoms with E-state index in [0.29, 0.717) is 0 Å². The predicted molar refractivity (Wildman–Crippen MR) is 135 cm³/mol. The van der Waals surface area contributed by atoms with Gasteiger partial charge in [-0.1, -0.05) is 0 Å². The molecule has 0 aromatic rings. The van der Waals surface area contributed by atoms with Gasteiger partial charge in [0.15, 0.2) is 43.1 Å². The summed E-state index contributed by atoms with van der Waals surface area (Å²) in [5.41, 5.74) is 0. The number of carbonyl (C=O) groups excluding carboxylic acids is 7. The Morgan fingerprint density at radius 3 is 1.27 bits per heavy atom. The standard InChI is InChI=1S/C26H36O18/c1-10(27)35-8-17-20(21(38-13(4)30)23(25(34)42-17)40-15(6)32)44-26-24(41-16(7)33)22(39-14(5)31)19(37-12(3)29)18(43-26)9-36-11(2)28/h17-26,34H,8-9H2,1-7H3/t17?,18?,19-,20?,21?,22+,23-,24-,25?,26-/m1/s1. The number of esters is 7. The molecule has 248 valence electrons. The van der Waals surface area contributed by atoms with Gasteiger partial charge < -0.3 is 52.5 Å². The summed E-state index contributed by atoms with van der Waals surface area (Å²) in [6.07, 6.45) is -16.3. The Bertz CT molecular complexity index is 1090. The highest BCUT2D eigenvalue weighted by atomic mass is 16.8. The molecule has 0 aromatic heterocycles. The van der Waals surface area contributed by atoms with Gasteiger partial charge in [0.05, 0.1) is 0 Å². The number of ether oxygens (including phenoxy) is 10. The van der Waals surface area contributed by atoms with Crippen molar-refractivity contribution in [2.45, 2.75) is 110 Å². The molecule has 18 nitrogen and oxygen atoms in total. The average Bonchev–Trinajstić information content (AvgIpc) is 2.87. The molecule has 2 aliphatic heterocycles. The third kappa shape index (κ3) is 10.7. The maximum absolute atomic E-state index is 12.2. The molecule has 2 aliphatic rings. The minimum Gasteiger partial charge on any atom is -0.463 e.